The predicted molar refractivity (Wildman–Crippen MR) is 149 cm³/mol. The number of anilines is 1. The van der Waals surface area contributed by atoms with E-state index in [-0.39, 0.29) is 10.8 Å². The second-order valence-corrected chi connectivity index (χ2v) is 12.2. The van der Waals surface area contributed by atoms with Crippen LogP contribution in [0.15, 0.2) is 77.7 Å². The molecule has 0 spiro atoms. The van der Waals surface area contributed by atoms with Gasteiger partial charge in [-0.1, -0.05) is 29.5 Å². The molecule has 0 radical (unpaired) electrons. The van der Waals surface area contributed by atoms with Crippen molar-refractivity contribution in [1.29, 1.82) is 0 Å². The van der Waals surface area contributed by atoms with Gasteiger partial charge in [-0.3, -0.25) is 9.10 Å². The zero-order valence-electron chi connectivity index (χ0n) is 21.2. The van der Waals surface area contributed by atoms with Crippen LogP contribution in [0.2, 0.25) is 0 Å². The standard InChI is InChI=1S/C28H29N3O5S2/c1-30(22-6-4-3-5-7-22)38(33,34)24-11-8-21(9-12-24)27(32)31-16-14-20(15-17-31)19-36-28-29-25-13-10-23(35-2)18-26(25)37-28/h3-13,18,20H,14-17,19H2,1-2H3. The molecule has 1 amide bonds. The number of nitrogens with zero attached hydrogens (tertiary/aromatic N) is 3. The summed E-state index contributed by atoms with van der Waals surface area (Å²) in [5, 5.41) is 0.639. The molecular weight excluding hydrogens is 522 g/mol. The number of ether oxygens (including phenoxy) is 2. The maximum absolute atomic E-state index is 13.1. The van der Waals surface area contributed by atoms with Crippen LogP contribution in [-0.2, 0) is 10.0 Å². The Balaban J connectivity index is 1.15. The number of benzene rings is 3. The zero-order chi connectivity index (χ0) is 26.7. The quantitative estimate of drug-likeness (QED) is 0.304. The summed E-state index contributed by atoms with van der Waals surface area (Å²) in [6.07, 6.45) is 1.66. The first-order chi connectivity index (χ1) is 18.3. The van der Waals surface area contributed by atoms with Gasteiger partial charge < -0.3 is 14.4 Å². The molecule has 1 aromatic heterocycles. The number of carbonyl (C=O) groups is 1. The van der Waals surface area contributed by atoms with E-state index < -0.39 is 10.0 Å². The van der Waals surface area contributed by atoms with Crippen LogP contribution in [0, 0.1) is 5.92 Å². The third-order valence-corrected chi connectivity index (χ3v) is 9.53. The van der Waals surface area contributed by atoms with E-state index in [0.717, 1.165) is 28.8 Å². The van der Waals surface area contributed by atoms with E-state index in [0.29, 0.717) is 42.1 Å². The Bertz CT molecular complexity index is 1510. The molecule has 0 saturated carbocycles. The van der Waals surface area contributed by atoms with Gasteiger partial charge in [-0.25, -0.2) is 13.4 Å². The number of hydrogen-bond acceptors (Lipinski definition) is 7. The third kappa shape index (κ3) is 5.46. The lowest BCUT2D eigenvalue weighted by Crippen LogP contribution is -2.39. The highest BCUT2D eigenvalue weighted by molar-refractivity contribution is 7.92. The fourth-order valence-corrected chi connectivity index (χ4v) is 6.50. The molecule has 1 aliphatic heterocycles. The first-order valence-electron chi connectivity index (χ1n) is 12.4. The number of carbonyl (C=O) groups excluding carboxylic acids is 1. The number of fused-ring (bicyclic) bond motifs is 1. The first-order valence-corrected chi connectivity index (χ1v) is 14.6. The predicted octanol–water partition coefficient (Wildman–Crippen LogP) is 5.06. The van der Waals surface area contributed by atoms with Gasteiger partial charge >= 0.3 is 0 Å². The molecule has 1 fully saturated rings. The topological polar surface area (TPSA) is 89.0 Å². The molecule has 0 bridgehead atoms. The van der Waals surface area contributed by atoms with E-state index in [9.17, 15) is 13.2 Å². The van der Waals surface area contributed by atoms with Crippen molar-refractivity contribution in [3.8, 4) is 10.9 Å². The molecular formula is C28H29N3O5S2. The summed E-state index contributed by atoms with van der Waals surface area (Å²) in [5.41, 5.74) is 1.94. The van der Waals surface area contributed by atoms with Crippen molar-refractivity contribution < 1.29 is 22.7 Å². The normalized spacial score (nSPS) is 14.4. The number of aromatic nitrogens is 1. The van der Waals surface area contributed by atoms with Crippen LogP contribution < -0.4 is 13.8 Å². The first kappa shape index (κ1) is 26.0. The summed E-state index contributed by atoms with van der Waals surface area (Å²) < 4.78 is 39.5. The third-order valence-electron chi connectivity index (χ3n) is 6.80. The van der Waals surface area contributed by atoms with E-state index in [1.54, 1.807) is 43.5 Å². The van der Waals surface area contributed by atoms with E-state index >= 15 is 0 Å². The van der Waals surface area contributed by atoms with Crippen LogP contribution in [0.4, 0.5) is 5.69 Å². The fraction of sp³-hybridized carbons (Fsp3) is 0.286. The maximum atomic E-state index is 13.1. The molecule has 38 heavy (non-hydrogen) atoms. The Morgan fingerprint density at radius 2 is 1.76 bits per heavy atom. The van der Waals surface area contributed by atoms with Gasteiger partial charge in [0, 0.05) is 25.7 Å². The van der Waals surface area contributed by atoms with E-state index in [1.807, 2.05) is 29.2 Å². The number of thiazole rings is 1. The molecule has 0 atom stereocenters. The van der Waals surface area contributed by atoms with Crippen molar-refractivity contribution in [3.63, 3.8) is 0 Å². The molecule has 5 rings (SSSR count). The minimum atomic E-state index is -3.72. The van der Waals surface area contributed by atoms with Crippen LogP contribution in [0.25, 0.3) is 10.2 Å². The summed E-state index contributed by atoms with van der Waals surface area (Å²) in [4.78, 5) is 19.6. The molecule has 1 saturated heterocycles. The molecule has 0 aliphatic carbocycles. The Kier molecular flexibility index (Phi) is 7.53. The summed E-state index contributed by atoms with van der Waals surface area (Å²) >= 11 is 1.50. The average Bonchev–Trinajstić information content (AvgIpc) is 3.38. The number of rotatable bonds is 8. The minimum Gasteiger partial charge on any atom is -0.497 e. The molecule has 8 nitrogen and oxygen atoms in total. The van der Waals surface area contributed by atoms with Gasteiger partial charge in [0.05, 0.1) is 34.5 Å². The fourth-order valence-electron chi connectivity index (χ4n) is 4.45. The lowest BCUT2D eigenvalue weighted by molar-refractivity contribution is 0.0661. The van der Waals surface area contributed by atoms with Crippen LogP contribution in [0.3, 0.4) is 0 Å². The SMILES string of the molecule is COc1ccc2nc(OCC3CCN(C(=O)c4ccc(S(=O)(=O)N(C)c5ccccc5)cc4)CC3)sc2c1. The molecule has 1 aliphatic rings. The highest BCUT2D eigenvalue weighted by atomic mass is 32.2. The largest absolute Gasteiger partial charge is 0.497 e. The molecule has 10 heteroatoms. The molecule has 3 aromatic carbocycles. The van der Waals surface area contributed by atoms with Gasteiger partial charge in [-0.05, 0) is 73.4 Å². The second-order valence-electron chi connectivity index (χ2n) is 9.19. The lowest BCUT2D eigenvalue weighted by atomic mass is 9.97. The van der Waals surface area contributed by atoms with Crippen molar-refractivity contribution in [2.45, 2.75) is 17.7 Å². The number of piperidine rings is 1. The molecule has 2 heterocycles. The summed E-state index contributed by atoms with van der Waals surface area (Å²) in [6.45, 7) is 1.81. The Morgan fingerprint density at radius 1 is 1.05 bits per heavy atom. The molecule has 0 N–H and O–H groups in total. The monoisotopic (exact) mass is 551 g/mol. The van der Waals surface area contributed by atoms with Crippen LogP contribution in [0.1, 0.15) is 23.2 Å². The van der Waals surface area contributed by atoms with Crippen molar-refractivity contribution in [2.24, 2.45) is 5.92 Å². The smallest absolute Gasteiger partial charge is 0.274 e. The van der Waals surface area contributed by atoms with Gasteiger partial charge in [0.1, 0.15) is 5.75 Å². The highest BCUT2D eigenvalue weighted by Crippen LogP contribution is 2.31. The maximum Gasteiger partial charge on any atom is 0.274 e. The average molecular weight is 552 g/mol. The van der Waals surface area contributed by atoms with Gasteiger partial charge in [0.2, 0.25) is 0 Å². The summed E-state index contributed by atoms with van der Waals surface area (Å²) in [5.74, 6) is 1.03. The summed E-state index contributed by atoms with van der Waals surface area (Å²) in [7, 11) is -0.564. The number of hydrogen-bond donors (Lipinski definition) is 0. The van der Waals surface area contributed by atoms with E-state index in [4.69, 9.17) is 9.47 Å². The molecule has 0 unspecified atom stereocenters. The van der Waals surface area contributed by atoms with Crippen molar-refractivity contribution >= 4 is 43.2 Å². The van der Waals surface area contributed by atoms with Crippen LogP contribution in [0.5, 0.6) is 10.9 Å². The van der Waals surface area contributed by atoms with E-state index in [2.05, 4.69) is 4.98 Å². The van der Waals surface area contributed by atoms with E-state index in [1.165, 1.54) is 34.8 Å². The number of methoxy groups -OCH3 is 1. The molecule has 198 valence electrons. The highest BCUT2D eigenvalue weighted by Gasteiger charge is 2.26. The van der Waals surface area contributed by atoms with Crippen LogP contribution in [-0.4, -0.2) is 58.1 Å². The Morgan fingerprint density at radius 3 is 2.45 bits per heavy atom. The Hall–Kier alpha value is -3.63. The van der Waals surface area contributed by atoms with Gasteiger partial charge in [0.25, 0.3) is 21.1 Å². The van der Waals surface area contributed by atoms with Crippen LogP contribution >= 0.6 is 11.3 Å². The number of para-hydroxylation sites is 1. The zero-order valence-corrected chi connectivity index (χ0v) is 22.9. The minimum absolute atomic E-state index is 0.0927. The Labute approximate surface area is 226 Å². The summed E-state index contributed by atoms with van der Waals surface area (Å²) in [6, 6.07) is 20.8. The van der Waals surface area contributed by atoms with Crippen molar-refractivity contribution in [1.82, 2.24) is 9.88 Å². The van der Waals surface area contributed by atoms with Gasteiger partial charge in [-0.15, -0.1) is 0 Å². The van der Waals surface area contributed by atoms with Crippen molar-refractivity contribution in [2.75, 3.05) is 38.2 Å². The number of amides is 1. The van der Waals surface area contributed by atoms with Gasteiger partial charge in [-0.2, -0.15) is 0 Å². The molecule has 4 aromatic rings. The number of sulfonamides is 1. The number of likely N-dealkylation sites (tertiary alicyclic amines) is 1. The second kappa shape index (κ2) is 11.0. The lowest BCUT2D eigenvalue weighted by Gasteiger charge is -2.31. The van der Waals surface area contributed by atoms with Crippen molar-refractivity contribution in [3.05, 3.63) is 78.4 Å². The van der Waals surface area contributed by atoms with Gasteiger partial charge in [0.15, 0.2) is 0 Å².